The molecule has 3 aromatic rings. The maximum atomic E-state index is 12.5. The maximum absolute atomic E-state index is 12.5. The summed E-state index contributed by atoms with van der Waals surface area (Å²) < 4.78 is 32.4. The zero-order chi connectivity index (χ0) is 18.0. The number of halogens is 1. The van der Waals surface area contributed by atoms with E-state index >= 15 is 0 Å². The Bertz CT molecular complexity index is 979. The second-order valence-corrected chi connectivity index (χ2v) is 7.47. The zero-order valence-corrected chi connectivity index (χ0v) is 15.1. The van der Waals surface area contributed by atoms with E-state index in [0.717, 1.165) is 11.4 Å². The molecule has 25 heavy (non-hydrogen) atoms. The van der Waals surface area contributed by atoms with Crippen LogP contribution in [-0.2, 0) is 10.0 Å². The zero-order valence-electron chi connectivity index (χ0n) is 13.6. The highest BCUT2D eigenvalue weighted by atomic mass is 35.5. The molecular formula is C17H16ClN3O3S. The molecule has 1 heterocycles. The number of rotatable bonds is 5. The summed E-state index contributed by atoms with van der Waals surface area (Å²) in [6.45, 7) is 3.15. The number of benzene rings is 2. The Morgan fingerprint density at radius 3 is 2.24 bits per heavy atom. The number of hydrogen-bond donors (Lipinski definition) is 2. The summed E-state index contributed by atoms with van der Waals surface area (Å²) in [6, 6.07) is 14.2. The molecular weight excluding hydrogens is 362 g/mol. The van der Waals surface area contributed by atoms with Crippen molar-refractivity contribution in [3.05, 3.63) is 65.0 Å². The number of nitrogens with zero attached hydrogens (tertiary/aromatic N) is 1. The van der Waals surface area contributed by atoms with E-state index in [0.29, 0.717) is 16.4 Å². The van der Waals surface area contributed by atoms with Crippen molar-refractivity contribution in [2.75, 3.05) is 10.0 Å². The van der Waals surface area contributed by atoms with Crippen LogP contribution in [-0.4, -0.2) is 13.6 Å². The van der Waals surface area contributed by atoms with Crippen molar-refractivity contribution in [3.63, 3.8) is 0 Å². The number of aromatic nitrogens is 1. The van der Waals surface area contributed by atoms with Crippen LogP contribution in [0.2, 0.25) is 5.02 Å². The summed E-state index contributed by atoms with van der Waals surface area (Å²) in [4.78, 5) is 0.0609. The summed E-state index contributed by atoms with van der Waals surface area (Å²) >= 11 is 6.11. The van der Waals surface area contributed by atoms with Gasteiger partial charge in [-0.2, -0.15) is 0 Å². The predicted octanol–water partition coefficient (Wildman–Crippen LogP) is 4.49. The normalized spacial score (nSPS) is 11.3. The van der Waals surface area contributed by atoms with Crippen LogP contribution in [0.25, 0.3) is 0 Å². The van der Waals surface area contributed by atoms with Gasteiger partial charge in [-0.1, -0.05) is 28.9 Å². The second kappa shape index (κ2) is 6.78. The Morgan fingerprint density at radius 2 is 1.64 bits per heavy atom. The fourth-order valence-electron chi connectivity index (χ4n) is 2.40. The molecule has 0 saturated heterocycles. The lowest BCUT2D eigenvalue weighted by molar-refractivity contribution is 0.390. The summed E-state index contributed by atoms with van der Waals surface area (Å²) in [5.41, 5.74) is 2.31. The van der Waals surface area contributed by atoms with Gasteiger partial charge in [-0.3, -0.25) is 4.72 Å². The van der Waals surface area contributed by atoms with Crippen LogP contribution in [0.4, 0.5) is 17.1 Å². The average molecular weight is 378 g/mol. The molecule has 0 aliphatic carbocycles. The SMILES string of the molecule is Cc1noc(C)c1S(=O)(=O)Nc1ccc(Nc2ccccc2Cl)cc1. The van der Waals surface area contributed by atoms with Gasteiger partial charge in [0.25, 0.3) is 10.0 Å². The lowest BCUT2D eigenvalue weighted by Gasteiger charge is -2.10. The molecule has 1 aromatic heterocycles. The van der Waals surface area contributed by atoms with Crippen molar-refractivity contribution in [1.82, 2.24) is 5.16 Å². The Labute approximate surface area is 150 Å². The fourth-order valence-corrected chi connectivity index (χ4v) is 3.98. The van der Waals surface area contributed by atoms with Gasteiger partial charge in [-0.15, -0.1) is 0 Å². The summed E-state index contributed by atoms with van der Waals surface area (Å²) in [6.07, 6.45) is 0. The molecule has 0 amide bonds. The molecule has 0 fully saturated rings. The van der Waals surface area contributed by atoms with Crippen LogP contribution in [0.5, 0.6) is 0 Å². The molecule has 2 aromatic carbocycles. The highest BCUT2D eigenvalue weighted by Gasteiger charge is 2.24. The number of hydrogen-bond acceptors (Lipinski definition) is 5. The van der Waals surface area contributed by atoms with Gasteiger partial charge in [0.15, 0.2) is 10.7 Å². The Balaban J connectivity index is 1.78. The van der Waals surface area contributed by atoms with E-state index in [4.69, 9.17) is 16.1 Å². The Morgan fingerprint density at radius 1 is 1.00 bits per heavy atom. The largest absolute Gasteiger partial charge is 0.360 e. The van der Waals surface area contributed by atoms with E-state index in [-0.39, 0.29) is 10.7 Å². The molecule has 0 aliphatic rings. The minimum absolute atomic E-state index is 0.0609. The van der Waals surface area contributed by atoms with Gasteiger partial charge in [0.1, 0.15) is 5.69 Å². The quantitative estimate of drug-likeness (QED) is 0.684. The second-order valence-electron chi connectivity index (χ2n) is 5.44. The van der Waals surface area contributed by atoms with Crippen molar-refractivity contribution < 1.29 is 12.9 Å². The number of para-hydroxylation sites is 1. The van der Waals surface area contributed by atoms with Crippen molar-refractivity contribution in [1.29, 1.82) is 0 Å². The first-order valence-electron chi connectivity index (χ1n) is 7.44. The number of aryl methyl sites for hydroxylation is 2. The molecule has 3 rings (SSSR count). The standard InChI is InChI=1S/C17H16ClN3O3S/c1-11-17(12(2)24-20-11)25(22,23)21-14-9-7-13(8-10-14)19-16-6-4-3-5-15(16)18/h3-10,19,21H,1-2H3. The minimum Gasteiger partial charge on any atom is -0.360 e. The third kappa shape index (κ3) is 3.78. The predicted molar refractivity (Wildman–Crippen MR) is 98.0 cm³/mol. The van der Waals surface area contributed by atoms with Crippen molar-refractivity contribution in [2.24, 2.45) is 0 Å². The monoisotopic (exact) mass is 377 g/mol. The van der Waals surface area contributed by atoms with Gasteiger partial charge in [0.2, 0.25) is 0 Å². The van der Waals surface area contributed by atoms with Crippen LogP contribution in [0.1, 0.15) is 11.5 Å². The van der Waals surface area contributed by atoms with Crippen LogP contribution in [0.3, 0.4) is 0 Å². The number of sulfonamides is 1. The highest BCUT2D eigenvalue weighted by molar-refractivity contribution is 7.92. The van der Waals surface area contributed by atoms with Gasteiger partial charge < -0.3 is 9.84 Å². The topological polar surface area (TPSA) is 84.2 Å². The van der Waals surface area contributed by atoms with Crippen LogP contribution in [0.15, 0.2) is 57.9 Å². The van der Waals surface area contributed by atoms with E-state index in [2.05, 4.69) is 15.2 Å². The van der Waals surface area contributed by atoms with E-state index in [9.17, 15) is 8.42 Å². The fraction of sp³-hybridized carbons (Fsp3) is 0.118. The lowest BCUT2D eigenvalue weighted by Crippen LogP contribution is -2.14. The van der Waals surface area contributed by atoms with Crippen molar-refractivity contribution in [2.45, 2.75) is 18.7 Å². The van der Waals surface area contributed by atoms with Gasteiger partial charge in [0, 0.05) is 11.4 Å². The van der Waals surface area contributed by atoms with Crippen LogP contribution >= 0.6 is 11.6 Å². The smallest absolute Gasteiger partial charge is 0.267 e. The minimum atomic E-state index is -3.76. The van der Waals surface area contributed by atoms with Gasteiger partial charge in [-0.25, -0.2) is 8.42 Å². The van der Waals surface area contributed by atoms with Gasteiger partial charge in [-0.05, 0) is 50.2 Å². The molecule has 0 atom stereocenters. The maximum Gasteiger partial charge on any atom is 0.267 e. The highest BCUT2D eigenvalue weighted by Crippen LogP contribution is 2.27. The molecule has 130 valence electrons. The van der Waals surface area contributed by atoms with E-state index < -0.39 is 10.0 Å². The van der Waals surface area contributed by atoms with Gasteiger partial charge >= 0.3 is 0 Å². The van der Waals surface area contributed by atoms with Crippen LogP contribution < -0.4 is 10.0 Å². The molecule has 0 bridgehead atoms. The third-order valence-electron chi connectivity index (χ3n) is 3.53. The molecule has 6 nitrogen and oxygen atoms in total. The Kier molecular flexibility index (Phi) is 4.69. The first kappa shape index (κ1) is 17.3. The summed E-state index contributed by atoms with van der Waals surface area (Å²) in [5.74, 6) is 0.252. The average Bonchev–Trinajstić information content (AvgIpc) is 2.91. The van der Waals surface area contributed by atoms with Crippen molar-refractivity contribution >= 4 is 38.7 Å². The molecule has 2 N–H and O–H groups in total. The third-order valence-corrected chi connectivity index (χ3v) is 5.48. The van der Waals surface area contributed by atoms with E-state index in [1.807, 2.05) is 18.2 Å². The van der Waals surface area contributed by atoms with Crippen molar-refractivity contribution in [3.8, 4) is 0 Å². The molecule has 0 radical (unpaired) electrons. The molecule has 8 heteroatoms. The lowest BCUT2D eigenvalue weighted by atomic mass is 10.2. The van der Waals surface area contributed by atoms with Crippen LogP contribution in [0, 0.1) is 13.8 Å². The molecule has 0 aliphatic heterocycles. The summed E-state index contributed by atoms with van der Waals surface area (Å²) in [5, 5.41) is 7.45. The first-order chi connectivity index (χ1) is 11.9. The van der Waals surface area contributed by atoms with E-state index in [1.54, 1.807) is 44.2 Å². The molecule has 0 unspecified atom stereocenters. The number of anilines is 3. The molecule has 0 spiro atoms. The number of nitrogens with one attached hydrogen (secondary N) is 2. The molecule has 0 saturated carbocycles. The van der Waals surface area contributed by atoms with Gasteiger partial charge in [0.05, 0.1) is 10.7 Å². The summed E-state index contributed by atoms with van der Waals surface area (Å²) in [7, 11) is -3.76. The first-order valence-corrected chi connectivity index (χ1v) is 9.30. The Hall–Kier alpha value is -2.51. The van der Waals surface area contributed by atoms with E-state index in [1.165, 1.54) is 0 Å².